The largest absolute Gasteiger partial charge is 0.462 e. The number of pyridine rings is 2. The van der Waals surface area contributed by atoms with Crippen LogP contribution in [0.4, 0.5) is 0 Å². The predicted molar refractivity (Wildman–Crippen MR) is 136 cm³/mol. The summed E-state index contributed by atoms with van der Waals surface area (Å²) in [6, 6.07) is 10.9. The van der Waals surface area contributed by atoms with Crippen LogP contribution in [0.1, 0.15) is 34.1 Å². The first kappa shape index (κ1) is 25.6. The molecule has 3 aromatic heterocycles. The summed E-state index contributed by atoms with van der Waals surface area (Å²) < 4.78 is 13.4. The molecule has 0 N–H and O–H groups in total. The fraction of sp³-hybridized carbons (Fsp3) is 0.240. The molecular formula is C25H22Cl2N4O5. The van der Waals surface area contributed by atoms with Crippen LogP contribution < -0.4 is 11.0 Å². The third kappa shape index (κ3) is 5.04. The lowest BCUT2D eigenvalue weighted by atomic mass is 10.2. The van der Waals surface area contributed by atoms with Crippen LogP contribution in [0.5, 0.6) is 0 Å². The van der Waals surface area contributed by atoms with Crippen molar-refractivity contribution in [2.24, 2.45) is 4.99 Å². The van der Waals surface area contributed by atoms with Gasteiger partial charge in [-0.1, -0.05) is 29.3 Å². The second kappa shape index (κ2) is 11.0. The van der Waals surface area contributed by atoms with Crippen molar-refractivity contribution < 1.29 is 19.1 Å². The molecule has 0 fully saturated rings. The summed E-state index contributed by atoms with van der Waals surface area (Å²) >= 11 is 12.3. The van der Waals surface area contributed by atoms with Crippen molar-refractivity contribution in [3.8, 4) is 0 Å². The quantitative estimate of drug-likeness (QED) is 0.204. The molecule has 0 spiro atoms. The Morgan fingerprint density at radius 2 is 1.92 bits per heavy atom. The van der Waals surface area contributed by atoms with Crippen LogP contribution in [0.3, 0.4) is 0 Å². The predicted octanol–water partition coefficient (Wildman–Crippen LogP) is 3.91. The Labute approximate surface area is 215 Å². The Kier molecular flexibility index (Phi) is 7.83. The number of nitrogens with zero attached hydrogens (tertiary/aromatic N) is 4. The van der Waals surface area contributed by atoms with Crippen molar-refractivity contribution in [3.63, 3.8) is 0 Å². The number of halogens is 2. The molecule has 4 aromatic rings. The molecule has 11 heteroatoms. The molecule has 1 amide bonds. The van der Waals surface area contributed by atoms with E-state index in [1.807, 2.05) is 0 Å². The van der Waals surface area contributed by atoms with Gasteiger partial charge in [0.2, 0.25) is 0 Å². The topological polar surface area (TPSA) is 104 Å². The second-order valence-corrected chi connectivity index (χ2v) is 8.57. The van der Waals surface area contributed by atoms with Crippen molar-refractivity contribution in [1.82, 2.24) is 14.0 Å². The number of esters is 1. The number of methoxy groups -OCH3 is 1. The third-order valence-corrected chi connectivity index (χ3v) is 5.95. The molecule has 0 aliphatic rings. The minimum absolute atomic E-state index is 0.00900. The summed E-state index contributed by atoms with van der Waals surface area (Å²) in [7, 11) is 1.56. The number of hydrogen-bond donors (Lipinski definition) is 0. The van der Waals surface area contributed by atoms with E-state index in [0.717, 1.165) is 0 Å². The van der Waals surface area contributed by atoms with E-state index < -0.39 is 11.9 Å². The van der Waals surface area contributed by atoms with Crippen LogP contribution in [-0.4, -0.2) is 46.2 Å². The molecule has 0 radical (unpaired) electrons. The van der Waals surface area contributed by atoms with Crippen LogP contribution in [0.2, 0.25) is 10.0 Å². The molecule has 0 saturated heterocycles. The van der Waals surface area contributed by atoms with Crippen molar-refractivity contribution in [1.29, 1.82) is 0 Å². The average Bonchev–Trinajstić information content (AvgIpc) is 2.86. The maximum atomic E-state index is 13.3. The lowest BCUT2D eigenvalue weighted by Gasteiger charge is -2.15. The van der Waals surface area contributed by atoms with Crippen LogP contribution in [0, 0.1) is 0 Å². The smallest absolute Gasteiger partial charge is 0.341 e. The number of fused-ring (bicyclic) bond motifs is 2. The van der Waals surface area contributed by atoms with Gasteiger partial charge in [-0.25, -0.2) is 9.78 Å². The molecule has 0 atom stereocenters. The normalized spacial score (nSPS) is 11.8. The number of aryl methyl sites for hydroxylation is 1. The molecule has 186 valence electrons. The highest BCUT2D eigenvalue weighted by molar-refractivity contribution is 6.35. The zero-order valence-electron chi connectivity index (χ0n) is 19.5. The molecule has 1 aromatic carbocycles. The van der Waals surface area contributed by atoms with Crippen molar-refractivity contribution in [2.45, 2.75) is 19.9 Å². The molecular weight excluding hydrogens is 507 g/mol. The number of benzene rings is 1. The van der Waals surface area contributed by atoms with E-state index in [0.29, 0.717) is 23.7 Å². The number of carbonyl (C=O) groups excluding carboxylic acids is 2. The van der Waals surface area contributed by atoms with E-state index in [4.69, 9.17) is 32.7 Å². The summed E-state index contributed by atoms with van der Waals surface area (Å²) in [5.74, 6) is -1.45. The fourth-order valence-corrected chi connectivity index (χ4v) is 4.12. The standard InChI is InChI=1S/C25H22Cl2N4O5/c1-3-36-25(34)18-14-17-21(28-20-7-4-5-10-30(20)24(17)33)31(11-6-12-35-2)22(18)29-23(32)16-13-15(26)8-9-19(16)27/h4-5,7-10,13-14H,3,6,11-12H2,1-2H3. The Hall–Kier alpha value is -3.53. The lowest BCUT2D eigenvalue weighted by molar-refractivity contribution is 0.0523. The first-order valence-corrected chi connectivity index (χ1v) is 11.9. The molecule has 36 heavy (non-hydrogen) atoms. The van der Waals surface area contributed by atoms with Gasteiger partial charge in [-0.3, -0.25) is 14.0 Å². The van der Waals surface area contributed by atoms with Gasteiger partial charge in [-0.15, -0.1) is 0 Å². The molecule has 0 aliphatic carbocycles. The van der Waals surface area contributed by atoms with Gasteiger partial charge in [-0.2, -0.15) is 4.99 Å². The summed E-state index contributed by atoms with van der Waals surface area (Å²) in [5.41, 5.74) is 0.286. The number of rotatable bonds is 7. The average molecular weight is 529 g/mol. The Bertz CT molecular complexity index is 1610. The highest BCUT2D eigenvalue weighted by Crippen LogP contribution is 2.21. The second-order valence-electron chi connectivity index (χ2n) is 7.72. The van der Waals surface area contributed by atoms with Crippen molar-refractivity contribution >= 4 is 51.8 Å². The van der Waals surface area contributed by atoms with E-state index in [1.165, 1.54) is 22.6 Å². The minimum atomic E-state index is -0.735. The highest BCUT2D eigenvalue weighted by Gasteiger charge is 2.21. The van der Waals surface area contributed by atoms with Gasteiger partial charge in [0.25, 0.3) is 11.5 Å². The van der Waals surface area contributed by atoms with E-state index in [9.17, 15) is 14.4 Å². The molecule has 9 nitrogen and oxygen atoms in total. The van der Waals surface area contributed by atoms with Crippen LogP contribution in [0.25, 0.3) is 16.7 Å². The van der Waals surface area contributed by atoms with Gasteiger partial charge in [0.1, 0.15) is 16.9 Å². The van der Waals surface area contributed by atoms with Gasteiger partial charge in [0, 0.05) is 31.5 Å². The minimum Gasteiger partial charge on any atom is -0.462 e. The van der Waals surface area contributed by atoms with Crippen LogP contribution in [0.15, 0.2) is 58.4 Å². The molecule has 3 heterocycles. The molecule has 0 unspecified atom stereocenters. The number of ether oxygens (including phenoxy) is 2. The summed E-state index contributed by atoms with van der Waals surface area (Å²) in [6.07, 6.45) is 2.08. The maximum absolute atomic E-state index is 13.3. The third-order valence-electron chi connectivity index (χ3n) is 5.38. The van der Waals surface area contributed by atoms with Gasteiger partial charge in [-0.05, 0) is 49.7 Å². The van der Waals surface area contributed by atoms with Gasteiger partial charge in [0.05, 0.1) is 22.6 Å². The van der Waals surface area contributed by atoms with Gasteiger partial charge >= 0.3 is 5.97 Å². The SMILES string of the molecule is CCOC(=O)c1cc2c(=O)n3ccccc3nc2n(CCCOC)c1=NC(=O)c1cc(Cl)ccc1Cl. The molecule has 4 rings (SSSR count). The lowest BCUT2D eigenvalue weighted by Crippen LogP contribution is -2.33. The van der Waals surface area contributed by atoms with E-state index in [1.54, 1.807) is 49.1 Å². The maximum Gasteiger partial charge on any atom is 0.341 e. The van der Waals surface area contributed by atoms with Crippen LogP contribution in [-0.2, 0) is 16.0 Å². The number of carbonyl (C=O) groups is 2. The van der Waals surface area contributed by atoms with E-state index in [2.05, 4.69) is 9.98 Å². The Morgan fingerprint density at radius 1 is 1.11 bits per heavy atom. The summed E-state index contributed by atoms with van der Waals surface area (Å²) in [5, 5.41) is 0.627. The first-order valence-electron chi connectivity index (χ1n) is 11.1. The highest BCUT2D eigenvalue weighted by atomic mass is 35.5. The van der Waals surface area contributed by atoms with Crippen molar-refractivity contribution in [3.05, 3.63) is 85.7 Å². The van der Waals surface area contributed by atoms with Crippen LogP contribution >= 0.6 is 23.2 Å². The number of amides is 1. The summed E-state index contributed by atoms with van der Waals surface area (Å²) in [4.78, 5) is 48.5. The van der Waals surface area contributed by atoms with Crippen molar-refractivity contribution in [2.75, 3.05) is 20.3 Å². The van der Waals surface area contributed by atoms with Gasteiger partial charge in [0.15, 0.2) is 5.49 Å². The Balaban J connectivity index is 2.10. The number of aromatic nitrogens is 3. The zero-order chi connectivity index (χ0) is 25.8. The monoisotopic (exact) mass is 528 g/mol. The number of hydrogen-bond acceptors (Lipinski definition) is 6. The van der Waals surface area contributed by atoms with E-state index >= 15 is 0 Å². The molecule has 0 saturated carbocycles. The summed E-state index contributed by atoms with van der Waals surface area (Å²) in [6.45, 7) is 2.38. The first-order chi connectivity index (χ1) is 17.3. The van der Waals surface area contributed by atoms with Gasteiger partial charge < -0.3 is 14.0 Å². The molecule has 0 bridgehead atoms. The zero-order valence-corrected chi connectivity index (χ0v) is 21.0. The Morgan fingerprint density at radius 3 is 2.67 bits per heavy atom. The molecule has 0 aliphatic heterocycles. The fourth-order valence-electron chi connectivity index (χ4n) is 3.75. The van der Waals surface area contributed by atoms with E-state index in [-0.39, 0.29) is 51.4 Å².